The molecular formula is C20H18N2O2. The number of carbonyl (C=O) groups excluding carboxylic acids is 1. The zero-order chi connectivity index (χ0) is 17.1. The Morgan fingerprint density at radius 3 is 2.46 bits per heavy atom. The molecule has 0 saturated carbocycles. The number of phenolic OH excluding ortho intramolecular Hbond substituents is 1. The number of hydrazone groups is 1. The van der Waals surface area contributed by atoms with Crippen LogP contribution in [0.5, 0.6) is 5.75 Å². The molecule has 3 aromatic carbocycles. The second-order valence-corrected chi connectivity index (χ2v) is 5.73. The van der Waals surface area contributed by atoms with Gasteiger partial charge in [-0.15, -0.1) is 0 Å². The zero-order valence-electron chi connectivity index (χ0n) is 13.6. The summed E-state index contributed by atoms with van der Waals surface area (Å²) in [5, 5.41) is 15.7. The Labute approximate surface area is 140 Å². The average Bonchev–Trinajstić information content (AvgIpc) is 2.59. The summed E-state index contributed by atoms with van der Waals surface area (Å²) in [6, 6.07) is 17.0. The average molecular weight is 318 g/mol. The van der Waals surface area contributed by atoms with Crippen LogP contribution in [0.15, 0.2) is 59.7 Å². The highest BCUT2D eigenvalue weighted by atomic mass is 16.3. The van der Waals surface area contributed by atoms with E-state index >= 15 is 0 Å². The van der Waals surface area contributed by atoms with Crippen LogP contribution < -0.4 is 5.43 Å². The number of rotatable bonds is 3. The van der Waals surface area contributed by atoms with Crippen molar-refractivity contribution in [1.82, 2.24) is 5.43 Å². The topological polar surface area (TPSA) is 61.7 Å². The Bertz CT molecular complexity index is 917. The lowest BCUT2D eigenvalue weighted by atomic mass is 10.0. The Morgan fingerprint density at radius 2 is 1.71 bits per heavy atom. The van der Waals surface area contributed by atoms with Gasteiger partial charge in [0.25, 0.3) is 5.91 Å². The molecule has 0 radical (unpaired) electrons. The molecule has 0 heterocycles. The molecule has 0 saturated heterocycles. The molecule has 4 nitrogen and oxygen atoms in total. The summed E-state index contributed by atoms with van der Waals surface area (Å²) in [7, 11) is 0. The first-order valence-electron chi connectivity index (χ1n) is 7.67. The molecule has 120 valence electrons. The molecule has 0 bridgehead atoms. The normalized spacial score (nSPS) is 11.1. The second kappa shape index (κ2) is 6.54. The second-order valence-electron chi connectivity index (χ2n) is 5.73. The number of hydrogen-bond donors (Lipinski definition) is 2. The largest absolute Gasteiger partial charge is 0.507 e. The van der Waals surface area contributed by atoms with Crippen LogP contribution in [0, 0.1) is 13.8 Å². The van der Waals surface area contributed by atoms with Crippen molar-refractivity contribution in [1.29, 1.82) is 0 Å². The first kappa shape index (κ1) is 15.7. The minimum absolute atomic E-state index is 0.254. The Kier molecular flexibility index (Phi) is 4.29. The SMILES string of the molecule is Cc1cc(/C=N\NC(=O)c2cccc3ccccc23)cc(C)c1O. The predicted octanol–water partition coefficient (Wildman–Crippen LogP) is 3.93. The lowest BCUT2D eigenvalue weighted by Crippen LogP contribution is -2.17. The van der Waals surface area contributed by atoms with E-state index in [1.165, 1.54) is 0 Å². The summed E-state index contributed by atoms with van der Waals surface area (Å²) in [6.07, 6.45) is 1.57. The zero-order valence-corrected chi connectivity index (χ0v) is 13.6. The van der Waals surface area contributed by atoms with E-state index in [-0.39, 0.29) is 11.7 Å². The van der Waals surface area contributed by atoms with Crippen LogP contribution in [0.4, 0.5) is 0 Å². The van der Waals surface area contributed by atoms with E-state index in [0.29, 0.717) is 5.56 Å². The van der Waals surface area contributed by atoms with Crippen molar-refractivity contribution >= 4 is 22.9 Å². The summed E-state index contributed by atoms with van der Waals surface area (Å²) in [6.45, 7) is 3.66. The van der Waals surface area contributed by atoms with Crippen LogP contribution in [0.3, 0.4) is 0 Å². The molecule has 0 fully saturated rings. The van der Waals surface area contributed by atoms with E-state index in [4.69, 9.17) is 0 Å². The quantitative estimate of drug-likeness (QED) is 0.568. The van der Waals surface area contributed by atoms with Crippen molar-refractivity contribution in [3.63, 3.8) is 0 Å². The predicted molar refractivity (Wildman–Crippen MR) is 96.6 cm³/mol. The molecule has 2 N–H and O–H groups in total. The van der Waals surface area contributed by atoms with Crippen molar-refractivity contribution in [3.8, 4) is 5.75 Å². The van der Waals surface area contributed by atoms with Gasteiger partial charge in [0.2, 0.25) is 0 Å². The molecule has 0 aliphatic rings. The van der Waals surface area contributed by atoms with Gasteiger partial charge in [0.05, 0.1) is 6.21 Å². The lowest BCUT2D eigenvalue weighted by molar-refractivity contribution is 0.0957. The monoisotopic (exact) mass is 318 g/mol. The molecule has 0 aromatic heterocycles. The van der Waals surface area contributed by atoms with E-state index in [0.717, 1.165) is 27.5 Å². The number of nitrogens with one attached hydrogen (secondary N) is 1. The standard InChI is InChI=1S/C20H18N2O2/c1-13-10-15(11-14(2)19(13)23)12-21-22-20(24)18-9-5-7-16-6-3-4-8-17(16)18/h3-12,23H,1-2H3,(H,22,24)/b21-12-. The van der Waals surface area contributed by atoms with E-state index in [1.54, 1.807) is 12.3 Å². The maximum Gasteiger partial charge on any atom is 0.271 e. The highest BCUT2D eigenvalue weighted by Crippen LogP contribution is 2.22. The molecule has 0 atom stereocenters. The number of amides is 1. The first-order chi connectivity index (χ1) is 11.6. The van der Waals surface area contributed by atoms with Crippen LogP contribution in [0.25, 0.3) is 10.8 Å². The smallest absolute Gasteiger partial charge is 0.271 e. The number of carbonyl (C=O) groups is 1. The van der Waals surface area contributed by atoms with E-state index < -0.39 is 0 Å². The third kappa shape index (κ3) is 3.13. The molecule has 0 aliphatic heterocycles. The van der Waals surface area contributed by atoms with Crippen LogP contribution in [-0.4, -0.2) is 17.2 Å². The number of hydrogen-bond acceptors (Lipinski definition) is 3. The van der Waals surface area contributed by atoms with Crippen LogP contribution >= 0.6 is 0 Å². The van der Waals surface area contributed by atoms with Gasteiger partial charge in [-0.05, 0) is 59.5 Å². The molecule has 3 aromatic rings. The van der Waals surface area contributed by atoms with Crippen LogP contribution in [0.2, 0.25) is 0 Å². The molecular weight excluding hydrogens is 300 g/mol. The fraction of sp³-hybridized carbons (Fsp3) is 0.100. The van der Waals surface area contributed by atoms with Crippen molar-refractivity contribution in [2.45, 2.75) is 13.8 Å². The van der Waals surface area contributed by atoms with Gasteiger partial charge in [0.1, 0.15) is 5.75 Å². The minimum Gasteiger partial charge on any atom is -0.507 e. The summed E-state index contributed by atoms with van der Waals surface area (Å²) in [5.74, 6) is 0.0298. The highest BCUT2D eigenvalue weighted by molar-refractivity contribution is 6.07. The summed E-state index contributed by atoms with van der Waals surface area (Å²) < 4.78 is 0. The van der Waals surface area contributed by atoms with Gasteiger partial charge in [0.15, 0.2) is 0 Å². The molecule has 3 rings (SSSR count). The van der Waals surface area contributed by atoms with E-state index in [9.17, 15) is 9.90 Å². The van der Waals surface area contributed by atoms with Gasteiger partial charge >= 0.3 is 0 Å². The maximum absolute atomic E-state index is 12.4. The number of benzene rings is 3. The Hall–Kier alpha value is -3.14. The molecule has 0 unspecified atom stereocenters. The number of aromatic hydroxyl groups is 1. The molecule has 1 amide bonds. The van der Waals surface area contributed by atoms with Gasteiger partial charge in [-0.25, -0.2) is 5.43 Å². The lowest BCUT2D eigenvalue weighted by Gasteiger charge is -2.06. The number of fused-ring (bicyclic) bond motifs is 1. The van der Waals surface area contributed by atoms with Gasteiger partial charge < -0.3 is 5.11 Å². The number of nitrogens with zero attached hydrogens (tertiary/aromatic N) is 1. The van der Waals surface area contributed by atoms with Gasteiger partial charge in [0, 0.05) is 5.56 Å². The fourth-order valence-corrected chi connectivity index (χ4v) is 2.71. The van der Waals surface area contributed by atoms with Crippen LogP contribution in [0.1, 0.15) is 27.0 Å². The van der Waals surface area contributed by atoms with Crippen molar-refractivity contribution in [2.75, 3.05) is 0 Å². The molecule has 0 aliphatic carbocycles. The van der Waals surface area contributed by atoms with Crippen molar-refractivity contribution in [3.05, 3.63) is 76.9 Å². The summed E-state index contributed by atoms with van der Waals surface area (Å²) >= 11 is 0. The summed E-state index contributed by atoms with van der Waals surface area (Å²) in [5.41, 5.74) is 5.52. The van der Waals surface area contributed by atoms with Crippen molar-refractivity contribution in [2.24, 2.45) is 5.10 Å². The van der Waals surface area contributed by atoms with Crippen molar-refractivity contribution < 1.29 is 9.90 Å². The van der Waals surface area contributed by atoms with Gasteiger partial charge in [-0.3, -0.25) is 4.79 Å². The Balaban J connectivity index is 1.80. The Morgan fingerprint density at radius 1 is 1.04 bits per heavy atom. The first-order valence-corrected chi connectivity index (χ1v) is 7.67. The molecule has 0 spiro atoms. The third-order valence-corrected chi connectivity index (χ3v) is 3.93. The van der Waals surface area contributed by atoms with E-state index in [2.05, 4.69) is 10.5 Å². The van der Waals surface area contributed by atoms with Crippen LogP contribution in [-0.2, 0) is 0 Å². The number of phenols is 1. The maximum atomic E-state index is 12.4. The fourth-order valence-electron chi connectivity index (χ4n) is 2.71. The minimum atomic E-state index is -0.254. The molecule has 24 heavy (non-hydrogen) atoms. The number of aryl methyl sites for hydroxylation is 2. The highest BCUT2D eigenvalue weighted by Gasteiger charge is 2.08. The van der Waals surface area contributed by atoms with Gasteiger partial charge in [-0.1, -0.05) is 36.4 Å². The van der Waals surface area contributed by atoms with Gasteiger partial charge in [-0.2, -0.15) is 5.10 Å². The molecule has 4 heteroatoms. The third-order valence-electron chi connectivity index (χ3n) is 3.93. The van der Waals surface area contributed by atoms with E-state index in [1.807, 2.05) is 62.4 Å². The summed E-state index contributed by atoms with van der Waals surface area (Å²) in [4.78, 5) is 12.4.